The Kier molecular flexibility index (Phi) is 6.38. The molecule has 3 aromatic carbocycles. The maximum Gasteiger partial charge on any atom is 0.232 e. The van der Waals surface area contributed by atoms with Gasteiger partial charge in [-0.1, -0.05) is 91.0 Å². The highest BCUT2D eigenvalue weighted by Gasteiger charge is 2.22. The predicted octanol–water partition coefficient (Wildman–Crippen LogP) is 5.28. The Hall–Kier alpha value is -3.21. The van der Waals surface area contributed by atoms with Crippen LogP contribution in [0.3, 0.4) is 0 Å². The zero-order chi connectivity index (χ0) is 20.8. The topological polar surface area (TPSA) is 49.3 Å². The number of hydrogen-bond acceptors (Lipinski definition) is 3. The van der Waals surface area contributed by atoms with E-state index >= 15 is 0 Å². The Morgan fingerprint density at radius 3 is 1.77 bits per heavy atom. The molecule has 1 aromatic heterocycles. The zero-order valence-corrected chi connectivity index (χ0v) is 17.3. The van der Waals surface area contributed by atoms with Gasteiger partial charge in [0, 0.05) is 9.75 Å². The van der Waals surface area contributed by atoms with Crippen molar-refractivity contribution in [1.82, 2.24) is 5.32 Å². The van der Waals surface area contributed by atoms with Crippen LogP contribution in [0, 0.1) is 0 Å². The smallest absolute Gasteiger partial charge is 0.232 e. The van der Waals surface area contributed by atoms with Crippen LogP contribution >= 0.6 is 11.3 Å². The van der Waals surface area contributed by atoms with Crippen LogP contribution in [0.1, 0.15) is 38.5 Å². The Bertz CT molecular complexity index is 1040. The minimum Gasteiger partial charge on any atom is -0.383 e. The summed E-state index contributed by atoms with van der Waals surface area (Å²) in [6.45, 7) is 0.432. The van der Waals surface area contributed by atoms with Gasteiger partial charge in [-0.3, -0.25) is 4.79 Å². The van der Waals surface area contributed by atoms with Crippen molar-refractivity contribution in [2.75, 3.05) is 0 Å². The molecule has 4 heteroatoms. The number of thiophene rings is 1. The number of aliphatic hydroxyl groups is 1. The van der Waals surface area contributed by atoms with E-state index in [1.54, 1.807) is 0 Å². The average molecular weight is 414 g/mol. The summed E-state index contributed by atoms with van der Waals surface area (Å²) in [4.78, 5) is 15.0. The van der Waals surface area contributed by atoms with Crippen LogP contribution in [0.25, 0.3) is 0 Å². The predicted molar refractivity (Wildman–Crippen MR) is 121 cm³/mol. The molecule has 4 aromatic rings. The molecule has 0 aliphatic carbocycles. The molecule has 0 saturated heterocycles. The molecule has 0 saturated carbocycles. The molecule has 0 aliphatic heterocycles. The van der Waals surface area contributed by atoms with E-state index < -0.39 is 6.10 Å². The highest BCUT2D eigenvalue weighted by molar-refractivity contribution is 7.12. The van der Waals surface area contributed by atoms with E-state index in [2.05, 4.69) is 5.32 Å². The molecule has 150 valence electrons. The van der Waals surface area contributed by atoms with Crippen LogP contribution in [0.2, 0.25) is 0 Å². The maximum absolute atomic E-state index is 13.1. The van der Waals surface area contributed by atoms with E-state index in [0.717, 1.165) is 26.4 Å². The summed E-state index contributed by atoms with van der Waals surface area (Å²) < 4.78 is 0. The number of aliphatic hydroxyl groups excluding tert-OH is 1. The van der Waals surface area contributed by atoms with Crippen LogP contribution < -0.4 is 5.32 Å². The largest absolute Gasteiger partial charge is 0.383 e. The fourth-order valence-corrected chi connectivity index (χ4v) is 4.47. The Morgan fingerprint density at radius 2 is 1.23 bits per heavy atom. The van der Waals surface area contributed by atoms with Crippen molar-refractivity contribution < 1.29 is 9.90 Å². The second-order valence-corrected chi connectivity index (χ2v) is 8.29. The second-order valence-electron chi connectivity index (χ2n) is 7.09. The van der Waals surface area contributed by atoms with Gasteiger partial charge in [0.25, 0.3) is 0 Å². The molecular weight excluding hydrogens is 390 g/mol. The molecule has 1 atom stereocenters. The van der Waals surface area contributed by atoms with Crippen molar-refractivity contribution in [2.24, 2.45) is 0 Å². The summed E-state index contributed by atoms with van der Waals surface area (Å²) in [7, 11) is 0. The van der Waals surface area contributed by atoms with Crippen LogP contribution in [0.4, 0.5) is 0 Å². The average Bonchev–Trinajstić information content (AvgIpc) is 3.28. The summed E-state index contributed by atoms with van der Waals surface area (Å²) in [6.07, 6.45) is -0.651. The van der Waals surface area contributed by atoms with Crippen molar-refractivity contribution in [3.05, 3.63) is 130 Å². The van der Waals surface area contributed by atoms with E-state index in [1.165, 1.54) is 11.3 Å². The van der Waals surface area contributed by atoms with Crippen LogP contribution in [-0.2, 0) is 11.3 Å². The molecule has 2 N–H and O–H groups in total. The van der Waals surface area contributed by atoms with E-state index in [4.69, 9.17) is 0 Å². The lowest BCUT2D eigenvalue weighted by Crippen LogP contribution is -2.29. The van der Waals surface area contributed by atoms with Gasteiger partial charge < -0.3 is 10.4 Å². The lowest BCUT2D eigenvalue weighted by molar-refractivity contribution is -0.121. The molecular formula is C26H23NO2S. The first kappa shape index (κ1) is 20.1. The van der Waals surface area contributed by atoms with E-state index in [0.29, 0.717) is 6.54 Å². The van der Waals surface area contributed by atoms with Gasteiger partial charge in [0.1, 0.15) is 6.10 Å². The van der Waals surface area contributed by atoms with Gasteiger partial charge >= 0.3 is 0 Å². The standard InChI is InChI=1S/C26H23NO2S/c28-25(21-14-8-3-9-15-21)23-17-16-22(30-23)18-27-26(29)24(19-10-4-1-5-11-19)20-12-6-2-7-13-20/h1-17,24-25,28H,18H2,(H,27,29). The monoisotopic (exact) mass is 413 g/mol. The Morgan fingerprint density at radius 1 is 0.733 bits per heavy atom. The molecule has 4 rings (SSSR count). The van der Waals surface area contributed by atoms with Crippen LogP contribution in [0.5, 0.6) is 0 Å². The van der Waals surface area contributed by atoms with Crippen molar-refractivity contribution in [3.8, 4) is 0 Å². The third-order valence-corrected chi connectivity index (χ3v) is 6.17. The molecule has 3 nitrogen and oxygen atoms in total. The molecule has 0 fully saturated rings. The van der Waals surface area contributed by atoms with Gasteiger partial charge in [-0.2, -0.15) is 0 Å². The fourth-order valence-electron chi connectivity index (χ4n) is 3.50. The van der Waals surface area contributed by atoms with Crippen molar-refractivity contribution in [3.63, 3.8) is 0 Å². The molecule has 0 aliphatic rings. The molecule has 30 heavy (non-hydrogen) atoms. The van der Waals surface area contributed by atoms with Crippen LogP contribution in [0.15, 0.2) is 103 Å². The van der Waals surface area contributed by atoms with Crippen molar-refractivity contribution in [2.45, 2.75) is 18.6 Å². The number of rotatable bonds is 7. The number of nitrogens with one attached hydrogen (secondary N) is 1. The van der Waals surface area contributed by atoms with Crippen molar-refractivity contribution >= 4 is 17.2 Å². The lowest BCUT2D eigenvalue weighted by atomic mass is 9.90. The maximum atomic E-state index is 13.1. The molecule has 1 amide bonds. The molecule has 0 spiro atoms. The second kappa shape index (κ2) is 9.53. The van der Waals surface area contributed by atoms with Crippen molar-refractivity contribution in [1.29, 1.82) is 0 Å². The Labute approximate surface area is 180 Å². The number of hydrogen-bond donors (Lipinski definition) is 2. The van der Waals surface area contributed by atoms with Gasteiger partial charge in [-0.15, -0.1) is 11.3 Å². The van der Waals surface area contributed by atoms with E-state index in [9.17, 15) is 9.90 Å². The lowest BCUT2D eigenvalue weighted by Gasteiger charge is -2.17. The number of benzene rings is 3. The summed E-state index contributed by atoms with van der Waals surface area (Å²) in [5.41, 5.74) is 2.79. The third kappa shape index (κ3) is 4.67. The number of carbonyl (C=O) groups excluding carboxylic acids is 1. The fraction of sp³-hybridized carbons (Fsp3) is 0.115. The molecule has 1 unspecified atom stereocenters. The highest BCUT2D eigenvalue weighted by atomic mass is 32.1. The minimum absolute atomic E-state index is 0.0362. The van der Waals surface area contributed by atoms with Gasteiger partial charge in [0.15, 0.2) is 0 Å². The molecule has 1 heterocycles. The first-order chi connectivity index (χ1) is 14.7. The first-order valence-electron chi connectivity index (χ1n) is 9.91. The minimum atomic E-state index is -0.651. The summed E-state index contributed by atoms with van der Waals surface area (Å²) in [5.74, 6) is -0.396. The van der Waals surface area contributed by atoms with Gasteiger partial charge in [0.05, 0.1) is 12.5 Å². The first-order valence-corrected chi connectivity index (χ1v) is 10.7. The van der Waals surface area contributed by atoms with Gasteiger partial charge in [0.2, 0.25) is 5.91 Å². The zero-order valence-electron chi connectivity index (χ0n) is 16.4. The van der Waals surface area contributed by atoms with Gasteiger partial charge in [-0.05, 0) is 28.8 Å². The van der Waals surface area contributed by atoms with Crippen LogP contribution in [-0.4, -0.2) is 11.0 Å². The highest BCUT2D eigenvalue weighted by Crippen LogP contribution is 2.29. The Balaban J connectivity index is 1.47. The summed E-state index contributed by atoms with van der Waals surface area (Å²) in [5, 5.41) is 13.7. The van der Waals surface area contributed by atoms with E-state index in [-0.39, 0.29) is 11.8 Å². The quantitative estimate of drug-likeness (QED) is 0.433. The SMILES string of the molecule is O=C(NCc1ccc(C(O)c2ccccc2)s1)C(c1ccccc1)c1ccccc1. The normalized spacial score (nSPS) is 11.9. The van der Waals surface area contributed by atoms with E-state index in [1.807, 2.05) is 103 Å². The van der Waals surface area contributed by atoms with Gasteiger partial charge in [-0.25, -0.2) is 0 Å². The summed E-state index contributed by atoms with van der Waals surface area (Å²) >= 11 is 1.52. The number of amides is 1. The number of carbonyl (C=O) groups is 1. The molecule has 0 radical (unpaired) electrons. The molecule has 0 bridgehead atoms. The summed E-state index contributed by atoms with van der Waals surface area (Å²) in [6, 6.07) is 33.1. The third-order valence-electron chi connectivity index (χ3n) is 5.03.